The number of aryl methyl sites for hydroxylation is 1. The van der Waals surface area contributed by atoms with E-state index in [-0.39, 0.29) is 4.90 Å². The van der Waals surface area contributed by atoms with Crippen molar-refractivity contribution in [2.45, 2.75) is 11.8 Å². The molecule has 0 aromatic heterocycles. The molecule has 2 rings (SSSR count). The highest BCUT2D eigenvalue weighted by molar-refractivity contribution is 7.89. The number of urea groups is 1. The number of ether oxygens (including phenoxy) is 1. The van der Waals surface area contributed by atoms with Crippen LogP contribution in [0.4, 0.5) is 16.2 Å². The molecule has 0 aliphatic rings. The summed E-state index contributed by atoms with van der Waals surface area (Å²) in [4.78, 5) is 12.0. The van der Waals surface area contributed by atoms with Crippen LogP contribution in [-0.4, -0.2) is 21.6 Å². The van der Waals surface area contributed by atoms with Gasteiger partial charge in [-0.2, -0.15) is 0 Å². The van der Waals surface area contributed by atoms with Crippen molar-refractivity contribution in [3.8, 4) is 5.75 Å². The number of nitrogens with two attached hydrogens (primary N) is 1. The van der Waals surface area contributed by atoms with Crippen molar-refractivity contribution in [3.63, 3.8) is 0 Å². The number of hydrogen-bond donors (Lipinski definition) is 3. The van der Waals surface area contributed by atoms with Crippen LogP contribution in [0, 0.1) is 6.92 Å². The number of hydrogen-bond acceptors (Lipinski definition) is 4. The van der Waals surface area contributed by atoms with Gasteiger partial charge in [0.05, 0.1) is 12.0 Å². The lowest BCUT2D eigenvalue weighted by atomic mass is 10.2. The van der Waals surface area contributed by atoms with E-state index in [1.807, 2.05) is 6.92 Å². The summed E-state index contributed by atoms with van der Waals surface area (Å²) in [5.41, 5.74) is 1.94. The van der Waals surface area contributed by atoms with Gasteiger partial charge in [0.1, 0.15) is 5.75 Å². The third-order valence-corrected chi connectivity index (χ3v) is 4.05. The van der Waals surface area contributed by atoms with Gasteiger partial charge in [0.2, 0.25) is 10.0 Å². The number of methoxy groups -OCH3 is 1. The van der Waals surface area contributed by atoms with E-state index >= 15 is 0 Å². The molecule has 0 heterocycles. The Morgan fingerprint density at radius 1 is 1.09 bits per heavy atom. The number of primary sulfonamides is 1. The molecular weight excluding hydrogens is 318 g/mol. The summed E-state index contributed by atoms with van der Waals surface area (Å²) in [6.45, 7) is 1.85. The fourth-order valence-corrected chi connectivity index (χ4v) is 2.43. The van der Waals surface area contributed by atoms with E-state index < -0.39 is 16.1 Å². The molecule has 0 fully saturated rings. The average molecular weight is 335 g/mol. The van der Waals surface area contributed by atoms with Gasteiger partial charge in [-0.25, -0.2) is 18.4 Å². The predicted molar refractivity (Wildman–Crippen MR) is 88.2 cm³/mol. The van der Waals surface area contributed by atoms with Crippen LogP contribution in [0.1, 0.15) is 5.56 Å². The molecule has 0 atom stereocenters. The van der Waals surface area contributed by atoms with Crippen LogP contribution < -0.4 is 20.5 Å². The molecule has 0 saturated carbocycles. The average Bonchev–Trinajstić information content (AvgIpc) is 2.49. The highest BCUT2D eigenvalue weighted by atomic mass is 32.2. The van der Waals surface area contributed by atoms with E-state index in [4.69, 9.17) is 9.88 Å². The molecule has 8 heteroatoms. The van der Waals surface area contributed by atoms with Crippen LogP contribution in [0.3, 0.4) is 0 Å². The molecule has 0 aliphatic carbocycles. The summed E-state index contributed by atoms with van der Waals surface area (Å²) in [5, 5.41) is 10.3. The second-order valence-electron chi connectivity index (χ2n) is 4.83. The summed E-state index contributed by atoms with van der Waals surface area (Å²) in [5.74, 6) is 0.701. The molecule has 2 aromatic rings. The lowest BCUT2D eigenvalue weighted by Crippen LogP contribution is -2.20. The van der Waals surface area contributed by atoms with E-state index in [9.17, 15) is 13.2 Å². The zero-order valence-electron chi connectivity index (χ0n) is 12.7. The second kappa shape index (κ2) is 6.67. The summed E-state index contributed by atoms with van der Waals surface area (Å²) in [6, 6.07) is 10.4. The maximum atomic E-state index is 12.0. The largest absolute Gasteiger partial charge is 0.497 e. The fraction of sp³-hybridized carbons (Fsp3) is 0.133. The maximum Gasteiger partial charge on any atom is 0.323 e. The first kappa shape index (κ1) is 16.8. The lowest BCUT2D eigenvalue weighted by molar-refractivity contribution is 0.262. The normalized spacial score (nSPS) is 10.9. The molecule has 2 aromatic carbocycles. The number of carbonyl (C=O) groups is 1. The van der Waals surface area contributed by atoms with Crippen molar-refractivity contribution in [1.82, 2.24) is 0 Å². The van der Waals surface area contributed by atoms with Crippen LogP contribution >= 0.6 is 0 Å². The molecule has 0 spiro atoms. The molecule has 0 radical (unpaired) electrons. The molecule has 0 unspecified atom stereocenters. The number of carbonyl (C=O) groups excluding carboxylic acids is 1. The number of benzene rings is 2. The summed E-state index contributed by atoms with van der Waals surface area (Å²) in [6.07, 6.45) is 0. The Balaban J connectivity index is 2.05. The van der Waals surface area contributed by atoms with Gasteiger partial charge in [-0.15, -0.1) is 0 Å². The van der Waals surface area contributed by atoms with Gasteiger partial charge in [0.15, 0.2) is 0 Å². The van der Waals surface area contributed by atoms with E-state index in [1.54, 1.807) is 25.3 Å². The van der Waals surface area contributed by atoms with Gasteiger partial charge in [-0.3, -0.25) is 0 Å². The van der Waals surface area contributed by atoms with Crippen LogP contribution in [0.5, 0.6) is 5.75 Å². The van der Waals surface area contributed by atoms with Gasteiger partial charge in [-0.1, -0.05) is 0 Å². The Labute approximate surface area is 134 Å². The first-order chi connectivity index (χ1) is 10.8. The Morgan fingerprint density at radius 2 is 1.74 bits per heavy atom. The zero-order chi connectivity index (χ0) is 17.0. The summed E-state index contributed by atoms with van der Waals surface area (Å²) >= 11 is 0. The van der Waals surface area contributed by atoms with Gasteiger partial charge < -0.3 is 15.4 Å². The van der Waals surface area contributed by atoms with Crippen molar-refractivity contribution in [2.24, 2.45) is 5.14 Å². The van der Waals surface area contributed by atoms with Gasteiger partial charge in [0, 0.05) is 11.4 Å². The van der Waals surface area contributed by atoms with Gasteiger partial charge in [-0.05, 0) is 55.0 Å². The summed E-state index contributed by atoms with van der Waals surface area (Å²) < 4.78 is 27.4. The number of nitrogens with one attached hydrogen (secondary N) is 2. The van der Waals surface area contributed by atoms with Crippen molar-refractivity contribution in [2.75, 3.05) is 17.7 Å². The quantitative estimate of drug-likeness (QED) is 0.796. The minimum Gasteiger partial charge on any atom is -0.497 e. The Hall–Kier alpha value is -2.58. The van der Waals surface area contributed by atoms with Gasteiger partial charge >= 0.3 is 6.03 Å². The number of rotatable bonds is 4. The van der Waals surface area contributed by atoms with Crippen LogP contribution in [-0.2, 0) is 10.0 Å². The van der Waals surface area contributed by atoms with E-state index in [0.717, 1.165) is 5.56 Å². The number of anilines is 2. The molecule has 122 valence electrons. The van der Waals surface area contributed by atoms with Crippen LogP contribution in [0.15, 0.2) is 47.4 Å². The monoisotopic (exact) mass is 335 g/mol. The van der Waals surface area contributed by atoms with E-state index in [2.05, 4.69) is 10.6 Å². The number of sulfonamides is 1. The fourth-order valence-electron chi connectivity index (χ4n) is 1.92. The molecule has 0 saturated heterocycles. The molecule has 23 heavy (non-hydrogen) atoms. The topological polar surface area (TPSA) is 111 Å². The Morgan fingerprint density at radius 3 is 2.26 bits per heavy atom. The standard InChI is InChI=1S/C15H17N3O4S/c1-10-9-12(22-2)5-8-14(10)18-15(19)17-11-3-6-13(7-4-11)23(16,20)21/h3-9H,1-2H3,(H2,16,20,21)(H2,17,18,19). The van der Waals surface area contributed by atoms with Crippen molar-refractivity contribution in [3.05, 3.63) is 48.0 Å². The molecular formula is C15H17N3O4S. The highest BCUT2D eigenvalue weighted by Crippen LogP contribution is 2.21. The predicted octanol–water partition coefficient (Wildman–Crippen LogP) is 2.30. The van der Waals surface area contributed by atoms with Crippen molar-refractivity contribution in [1.29, 1.82) is 0 Å². The van der Waals surface area contributed by atoms with Crippen molar-refractivity contribution < 1.29 is 17.9 Å². The molecule has 4 N–H and O–H groups in total. The first-order valence-corrected chi connectivity index (χ1v) is 8.20. The summed E-state index contributed by atoms with van der Waals surface area (Å²) in [7, 11) is -2.18. The molecule has 0 aliphatic heterocycles. The third-order valence-electron chi connectivity index (χ3n) is 3.12. The minimum absolute atomic E-state index is 0.0190. The molecule has 2 amide bonds. The second-order valence-corrected chi connectivity index (χ2v) is 6.39. The van der Waals surface area contributed by atoms with E-state index in [0.29, 0.717) is 17.1 Å². The maximum absolute atomic E-state index is 12.0. The number of amides is 2. The zero-order valence-corrected chi connectivity index (χ0v) is 13.5. The van der Waals surface area contributed by atoms with E-state index in [1.165, 1.54) is 24.3 Å². The van der Waals surface area contributed by atoms with Crippen molar-refractivity contribution >= 4 is 27.4 Å². The smallest absolute Gasteiger partial charge is 0.323 e. The third kappa shape index (κ3) is 4.44. The SMILES string of the molecule is COc1ccc(NC(=O)Nc2ccc(S(N)(=O)=O)cc2)c(C)c1. The lowest BCUT2D eigenvalue weighted by Gasteiger charge is -2.11. The minimum atomic E-state index is -3.75. The Kier molecular flexibility index (Phi) is 4.87. The van der Waals surface area contributed by atoms with Gasteiger partial charge in [0.25, 0.3) is 0 Å². The molecule has 7 nitrogen and oxygen atoms in total. The van der Waals surface area contributed by atoms with Crippen LogP contribution in [0.2, 0.25) is 0 Å². The molecule has 0 bridgehead atoms. The van der Waals surface area contributed by atoms with Crippen LogP contribution in [0.25, 0.3) is 0 Å². The first-order valence-electron chi connectivity index (χ1n) is 6.65. The Bertz CT molecular complexity index is 817. The highest BCUT2D eigenvalue weighted by Gasteiger charge is 2.09.